The number of benzene rings is 1. The van der Waals surface area contributed by atoms with E-state index in [0.29, 0.717) is 0 Å². The van der Waals surface area contributed by atoms with Crippen LogP contribution in [0.2, 0.25) is 0 Å². The number of amides is 1. The third-order valence-corrected chi connectivity index (χ3v) is 4.46. The number of nitrogens with one attached hydrogen (secondary N) is 1. The highest BCUT2D eigenvalue weighted by molar-refractivity contribution is 5.92. The molecule has 2 unspecified atom stereocenters. The molecule has 21 heavy (non-hydrogen) atoms. The van der Waals surface area contributed by atoms with Gasteiger partial charge in [0.1, 0.15) is 0 Å². The first-order valence-electron chi connectivity index (χ1n) is 7.39. The van der Waals surface area contributed by atoms with Gasteiger partial charge >= 0.3 is 5.97 Å². The number of aliphatic carboxylic acids is 1. The first kappa shape index (κ1) is 15.5. The van der Waals surface area contributed by atoms with Crippen molar-refractivity contribution >= 4 is 11.9 Å². The fourth-order valence-electron chi connectivity index (χ4n) is 2.71. The van der Waals surface area contributed by atoms with Gasteiger partial charge in [-0.2, -0.15) is 0 Å². The monoisotopic (exact) mass is 289 g/mol. The van der Waals surface area contributed by atoms with Crippen molar-refractivity contribution in [1.29, 1.82) is 0 Å². The molecule has 2 rings (SSSR count). The Morgan fingerprint density at radius 3 is 2.10 bits per heavy atom. The van der Waals surface area contributed by atoms with Gasteiger partial charge < -0.3 is 10.4 Å². The molecule has 4 nitrogen and oxygen atoms in total. The minimum absolute atomic E-state index is 0.0481. The maximum Gasteiger partial charge on any atom is 0.308 e. The number of carboxylic acids is 1. The summed E-state index contributed by atoms with van der Waals surface area (Å²) in [7, 11) is 0. The van der Waals surface area contributed by atoms with Gasteiger partial charge in [-0.05, 0) is 46.1 Å². The van der Waals surface area contributed by atoms with Crippen molar-refractivity contribution in [2.75, 3.05) is 0 Å². The molecule has 0 heterocycles. The minimum atomic E-state index is -0.890. The lowest BCUT2D eigenvalue weighted by molar-refractivity contribution is -0.142. The van der Waals surface area contributed by atoms with E-state index in [1.54, 1.807) is 13.8 Å². The van der Waals surface area contributed by atoms with E-state index in [-0.39, 0.29) is 11.9 Å². The molecule has 0 bridgehead atoms. The average Bonchev–Trinajstić information content (AvgIpc) is 3.17. The van der Waals surface area contributed by atoms with Crippen LogP contribution in [0.25, 0.3) is 0 Å². The zero-order chi connectivity index (χ0) is 15.8. The van der Waals surface area contributed by atoms with Crippen molar-refractivity contribution in [3.63, 3.8) is 0 Å². The number of carbonyl (C=O) groups excluding carboxylic acids is 1. The number of carboxylic acid groups (broad SMARTS) is 1. The Balaban J connectivity index is 2.17. The Bertz CT molecular complexity index is 555. The molecule has 114 valence electrons. The Labute approximate surface area is 125 Å². The average molecular weight is 289 g/mol. The topological polar surface area (TPSA) is 66.4 Å². The van der Waals surface area contributed by atoms with E-state index in [2.05, 4.69) is 23.5 Å². The van der Waals surface area contributed by atoms with Crippen molar-refractivity contribution in [2.24, 2.45) is 5.92 Å². The van der Waals surface area contributed by atoms with Crippen molar-refractivity contribution in [3.05, 3.63) is 34.9 Å². The lowest BCUT2D eigenvalue weighted by atomic mass is 9.91. The van der Waals surface area contributed by atoms with Gasteiger partial charge in [0.05, 0.1) is 11.3 Å². The molecule has 2 N–H and O–H groups in total. The highest BCUT2D eigenvalue weighted by atomic mass is 16.4. The molecule has 0 saturated heterocycles. The van der Waals surface area contributed by atoms with E-state index in [1.807, 2.05) is 13.8 Å². The largest absolute Gasteiger partial charge is 0.481 e. The fraction of sp³-hybridized carbons (Fsp3) is 0.529. The van der Waals surface area contributed by atoms with Crippen LogP contribution < -0.4 is 5.32 Å². The zero-order valence-corrected chi connectivity index (χ0v) is 13.1. The molecule has 0 radical (unpaired) electrons. The van der Waals surface area contributed by atoms with E-state index < -0.39 is 17.3 Å². The predicted octanol–water partition coefficient (Wildman–Crippen LogP) is 2.56. The third-order valence-electron chi connectivity index (χ3n) is 4.46. The fourth-order valence-corrected chi connectivity index (χ4v) is 2.71. The minimum Gasteiger partial charge on any atom is -0.481 e. The van der Waals surface area contributed by atoms with Gasteiger partial charge in [0.2, 0.25) is 5.91 Å². The van der Waals surface area contributed by atoms with E-state index in [9.17, 15) is 9.59 Å². The number of rotatable bonds is 5. The van der Waals surface area contributed by atoms with Gasteiger partial charge in [-0.3, -0.25) is 9.59 Å². The van der Waals surface area contributed by atoms with E-state index in [1.165, 1.54) is 0 Å². The molecule has 1 fully saturated rings. The number of hydrogen-bond acceptors (Lipinski definition) is 2. The maximum absolute atomic E-state index is 12.6. The van der Waals surface area contributed by atoms with Crippen LogP contribution in [0.3, 0.4) is 0 Å². The van der Waals surface area contributed by atoms with E-state index in [4.69, 9.17) is 5.11 Å². The van der Waals surface area contributed by atoms with Crippen LogP contribution in [0.1, 0.15) is 43.4 Å². The van der Waals surface area contributed by atoms with Gasteiger partial charge in [0.25, 0.3) is 0 Å². The predicted molar refractivity (Wildman–Crippen MR) is 81.2 cm³/mol. The van der Waals surface area contributed by atoms with Crippen LogP contribution in [0.5, 0.6) is 0 Å². The summed E-state index contributed by atoms with van der Waals surface area (Å²) in [6.07, 6.45) is 1.66. The second kappa shape index (κ2) is 5.51. The van der Waals surface area contributed by atoms with Gasteiger partial charge in [-0.25, -0.2) is 0 Å². The Kier molecular flexibility index (Phi) is 4.08. The van der Waals surface area contributed by atoms with E-state index in [0.717, 1.165) is 29.5 Å². The summed E-state index contributed by atoms with van der Waals surface area (Å²) in [6, 6.07) is 5.83. The second-order valence-corrected chi connectivity index (χ2v) is 6.35. The summed E-state index contributed by atoms with van der Waals surface area (Å²) >= 11 is 0. The molecule has 1 aliphatic carbocycles. The van der Waals surface area contributed by atoms with Crippen LogP contribution in [0.4, 0.5) is 0 Å². The van der Waals surface area contributed by atoms with Crippen molar-refractivity contribution in [2.45, 2.75) is 52.0 Å². The molecule has 0 aromatic heterocycles. The van der Waals surface area contributed by atoms with Crippen molar-refractivity contribution in [1.82, 2.24) is 5.32 Å². The Morgan fingerprint density at radius 1 is 1.14 bits per heavy atom. The SMILES string of the molecule is Cc1cc(C)cc(C2(C(=O)NC(C)C(C)C(=O)O)CC2)c1. The summed E-state index contributed by atoms with van der Waals surface area (Å²) in [5, 5.41) is 11.9. The summed E-state index contributed by atoms with van der Waals surface area (Å²) < 4.78 is 0. The summed E-state index contributed by atoms with van der Waals surface area (Å²) in [5.74, 6) is -1.53. The molecule has 1 saturated carbocycles. The van der Waals surface area contributed by atoms with Crippen LogP contribution in [0.15, 0.2) is 18.2 Å². The molecule has 0 aliphatic heterocycles. The highest BCUT2D eigenvalue weighted by Crippen LogP contribution is 2.49. The lowest BCUT2D eigenvalue weighted by Gasteiger charge is -2.23. The number of carbonyl (C=O) groups is 2. The summed E-state index contributed by atoms with van der Waals surface area (Å²) in [5.41, 5.74) is 2.89. The first-order valence-corrected chi connectivity index (χ1v) is 7.39. The van der Waals surface area contributed by atoms with Crippen LogP contribution in [0, 0.1) is 19.8 Å². The number of hydrogen-bond donors (Lipinski definition) is 2. The standard InChI is InChI=1S/C17H23NO3/c1-10-7-11(2)9-14(8-10)17(5-6-17)16(21)18-13(4)12(3)15(19)20/h7-9,12-13H,5-6H2,1-4H3,(H,18,21)(H,19,20). The maximum atomic E-state index is 12.6. The van der Waals surface area contributed by atoms with Crippen molar-refractivity contribution < 1.29 is 14.7 Å². The smallest absolute Gasteiger partial charge is 0.308 e. The lowest BCUT2D eigenvalue weighted by Crippen LogP contribution is -2.44. The second-order valence-electron chi connectivity index (χ2n) is 6.35. The van der Waals surface area contributed by atoms with Gasteiger partial charge in [-0.1, -0.05) is 29.3 Å². The highest BCUT2D eigenvalue weighted by Gasteiger charge is 2.51. The first-order chi connectivity index (χ1) is 9.76. The molecule has 4 heteroatoms. The normalized spacial score (nSPS) is 18.7. The quantitative estimate of drug-likeness (QED) is 0.875. The molecule has 1 aliphatic rings. The molecular weight excluding hydrogens is 266 g/mol. The zero-order valence-electron chi connectivity index (χ0n) is 13.1. The number of aryl methyl sites for hydroxylation is 2. The molecule has 1 aromatic rings. The summed E-state index contributed by atoms with van der Waals surface area (Å²) in [4.78, 5) is 23.6. The van der Waals surface area contributed by atoms with Crippen LogP contribution in [-0.4, -0.2) is 23.0 Å². The Morgan fingerprint density at radius 2 is 1.67 bits per heavy atom. The van der Waals surface area contributed by atoms with Gasteiger partial charge in [-0.15, -0.1) is 0 Å². The molecule has 0 spiro atoms. The van der Waals surface area contributed by atoms with Crippen LogP contribution >= 0.6 is 0 Å². The third kappa shape index (κ3) is 3.09. The van der Waals surface area contributed by atoms with Crippen molar-refractivity contribution in [3.8, 4) is 0 Å². The van der Waals surface area contributed by atoms with E-state index >= 15 is 0 Å². The molecule has 1 aromatic carbocycles. The van der Waals surface area contributed by atoms with Gasteiger partial charge in [0.15, 0.2) is 0 Å². The molecular formula is C17H23NO3. The summed E-state index contributed by atoms with van der Waals surface area (Å²) in [6.45, 7) is 7.41. The van der Waals surface area contributed by atoms with Gasteiger partial charge in [0, 0.05) is 6.04 Å². The molecule has 1 amide bonds. The van der Waals surface area contributed by atoms with Crippen LogP contribution in [-0.2, 0) is 15.0 Å². The Hall–Kier alpha value is -1.84. The molecule has 2 atom stereocenters.